The van der Waals surface area contributed by atoms with E-state index in [4.69, 9.17) is 6.42 Å². The van der Waals surface area contributed by atoms with Gasteiger partial charge in [0, 0.05) is 17.8 Å². The number of carbonyl (C=O) groups excluding carboxylic acids is 1. The molecule has 1 aromatic heterocycles. The Kier molecular flexibility index (Phi) is 2.49. The van der Waals surface area contributed by atoms with Crippen LogP contribution < -0.4 is 5.32 Å². The van der Waals surface area contributed by atoms with Crippen molar-refractivity contribution in [2.75, 3.05) is 0 Å². The van der Waals surface area contributed by atoms with Crippen LogP contribution in [-0.4, -0.2) is 16.1 Å². The molecule has 1 aromatic rings. The molecule has 0 saturated carbocycles. The molecule has 2 N–H and O–H groups in total. The van der Waals surface area contributed by atoms with Gasteiger partial charge < -0.3 is 5.32 Å². The summed E-state index contributed by atoms with van der Waals surface area (Å²) in [7, 11) is 0. The van der Waals surface area contributed by atoms with E-state index in [1.807, 2.05) is 12.8 Å². The SMILES string of the molecule is C#CC(=O)NCc1cn[nH]c1C. The number of H-pyrrole nitrogens is 1. The molecule has 4 nitrogen and oxygen atoms in total. The van der Waals surface area contributed by atoms with Crippen LogP contribution in [0.3, 0.4) is 0 Å². The average Bonchev–Trinajstić information content (AvgIpc) is 2.47. The zero-order chi connectivity index (χ0) is 8.97. The highest BCUT2D eigenvalue weighted by atomic mass is 16.1. The van der Waals surface area contributed by atoms with Crippen molar-refractivity contribution in [3.63, 3.8) is 0 Å². The van der Waals surface area contributed by atoms with Crippen molar-refractivity contribution in [3.05, 3.63) is 17.5 Å². The van der Waals surface area contributed by atoms with Gasteiger partial charge in [-0.2, -0.15) is 5.10 Å². The Bertz CT molecular complexity index is 321. The number of nitrogens with one attached hydrogen (secondary N) is 2. The minimum absolute atomic E-state index is 0.407. The van der Waals surface area contributed by atoms with Gasteiger partial charge in [-0.3, -0.25) is 9.89 Å². The lowest BCUT2D eigenvalue weighted by Crippen LogP contribution is -2.20. The summed E-state index contributed by atoms with van der Waals surface area (Å²) in [6.45, 7) is 2.30. The van der Waals surface area contributed by atoms with Gasteiger partial charge in [0.2, 0.25) is 0 Å². The Morgan fingerprint density at radius 1 is 1.92 bits per heavy atom. The molecule has 0 bridgehead atoms. The van der Waals surface area contributed by atoms with Gasteiger partial charge in [-0.15, -0.1) is 6.42 Å². The highest BCUT2D eigenvalue weighted by Gasteiger charge is 2.00. The van der Waals surface area contributed by atoms with E-state index in [2.05, 4.69) is 15.5 Å². The van der Waals surface area contributed by atoms with Crippen molar-refractivity contribution in [3.8, 4) is 12.3 Å². The zero-order valence-corrected chi connectivity index (χ0v) is 6.72. The monoisotopic (exact) mass is 163 g/mol. The van der Waals surface area contributed by atoms with E-state index < -0.39 is 5.91 Å². The van der Waals surface area contributed by atoms with E-state index in [-0.39, 0.29) is 0 Å². The molecule has 0 spiro atoms. The summed E-state index contributed by atoms with van der Waals surface area (Å²) in [5.74, 6) is 1.56. The van der Waals surface area contributed by atoms with E-state index in [0.29, 0.717) is 6.54 Å². The lowest BCUT2D eigenvalue weighted by Gasteiger charge is -1.97. The second-order valence-corrected chi connectivity index (χ2v) is 2.35. The number of terminal acetylenes is 1. The summed E-state index contributed by atoms with van der Waals surface area (Å²) in [5, 5.41) is 9.10. The number of carbonyl (C=O) groups is 1. The maximum absolute atomic E-state index is 10.6. The normalized spacial score (nSPS) is 9.00. The maximum atomic E-state index is 10.6. The first-order valence-corrected chi connectivity index (χ1v) is 3.47. The Labute approximate surface area is 70.4 Å². The topological polar surface area (TPSA) is 57.8 Å². The summed E-state index contributed by atoms with van der Waals surface area (Å²) < 4.78 is 0. The molecule has 0 aliphatic rings. The second-order valence-electron chi connectivity index (χ2n) is 2.35. The highest BCUT2D eigenvalue weighted by Crippen LogP contribution is 2.00. The van der Waals surface area contributed by atoms with Crippen LogP contribution in [0.1, 0.15) is 11.3 Å². The van der Waals surface area contributed by atoms with E-state index >= 15 is 0 Å². The largest absolute Gasteiger partial charge is 0.341 e. The van der Waals surface area contributed by atoms with Crippen LogP contribution in [0.4, 0.5) is 0 Å². The summed E-state index contributed by atoms with van der Waals surface area (Å²) in [5.41, 5.74) is 1.88. The van der Waals surface area contributed by atoms with Crippen LogP contribution in [0.15, 0.2) is 6.20 Å². The Morgan fingerprint density at radius 3 is 3.17 bits per heavy atom. The number of aromatic amines is 1. The molecule has 0 atom stereocenters. The fourth-order valence-electron chi connectivity index (χ4n) is 0.780. The number of hydrogen-bond donors (Lipinski definition) is 2. The van der Waals surface area contributed by atoms with Gasteiger partial charge in [0.25, 0.3) is 5.91 Å². The molecule has 62 valence electrons. The Balaban J connectivity index is 2.50. The van der Waals surface area contributed by atoms with Crippen LogP contribution in [0.25, 0.3) is 0 Å². The molecule has 0 aromatic carbocycles. The summed E-state index contributed by atoms with van der Waals surface area (Å²) in [6.07, 6.45) is 6.52. The van der Waals surface area contributed by atoms with Gasteiger partial charge >= 0.3 is 0 Å². The summed E-state index contributed by atoms with van der Waals surface area (Å²) in [6, 6.07) is 0. The van der Waals surface area contributed by atoms with Crippen LogP contribution >= 0.6 is 0 Å². The van der Waals surface area contributed by atoms with Gasteiger partial charge in [0.15, 0.2) is 0 Å². The molecular weight excluding hydrogens is 154 g/mol. The standard InChI is InChI=1S/C8H9N3O/c1-3-8(12)9-4-7-5-10-11-6(7)2/h1,5H,4H2,2H3,(H,9,12)(H,10,11). The molecule has 0 aliphatic carbocycles. The first-order chi connectivity index (χ1) is 5.74. The van der Waals surface area contributed by atoms with Crippen LogP contribution in [-0.2, 0) is 11.3 Å². The molecule has 0 fully saturated rings. The van der Waals surface area contributed by atoms with Crippen LogP contribution in [0.2, 0.25) is 0 Å². The predicted molar refractivity (Wildman–Crippen MR) is 44.0 cm³/mol. The third-order valence-corrected chi connectivity index (χ3v) is 1.50. The minimum Gasteiger partial charge on any atom is -0.341 e. The van der Waals surface area contributed by atoms with Gasteiger partial charge in [-0.25, -0.2) is 0 Å². The van der Waals surface area contributed by atoms with Crippen molar-refractivity contribution in [1.29, 1.82) is 0 Å². The quantitative estimate of drug-likeness (QED) is 0.601. The van der Waals surface area contributed by atoms with E-state index in [9.17, 15) is 4.79 Å². The number of aryl methyl sites for hydroxylation is 1. The molecule has 1 rings (SSSR count). The summed E-state index contributed by atoms with van der Waals surface area (Å²) >= 11 is 0. The molecule has 1 amide bonds. The summed E-state index contributed by atoms with van der Waals surface area (Å²) in [4.78, 5) is 10.6. The smallest absolute Gasteiger partial charge is 0.295 e. The fourth-order valence-corrected chi connectivity index (χ4v) is 0.780. The van der Waals surface area contributed by atoms with E-state index in [1.165, 1.54) is 0 Å². The van der Waals surface area contributed by atoms with Crippen molar-refractivity contribution in [2.24, 2.45) is 0 Å². The molecule has 0 aliphatic heterocycles. The maximum Gasteiger partial charge on any atom is 0.295 e. The van der Waals surface area contributed by atoms with Crippen molar-refractivity contribution < 1.29 is 4.79 Å². The number of nitrogens with zero attached hydrogens (tertiary/aromatic N) is 1. The fraction of sp³-hybridized carbons (Fsp3) is 0.250. The van der Waals surface area contributed by atoms with E-state index in [1.54, 1.807) is 6.20 Å². The van der Waals surface area contributed by atoms with Crippen LogP contribution in [0, 0.1) is 19.3 Å². The third kappa shape index (κ3) is 1.86. The molecule has 4 heteroatoms. The molecule has 0 unspecified atom stereocenters. The molecule has 0 radical (unpaired) electrons. The Hall–Kier alpha value is -1.76. The number of rotatable bonds is 2. The predicted octanol–water partition coefficient (Wildman–Crippen LogP) is -0.0325. The minimum atomic E-state index is -0.407. The van der Waals surface area contributed by atoms with Gasteiger partial charge in [0.05, 0.1) is 6.20 Å². The second kappa shape index (κ2) is 3.58. The van der Waals surface area contributed by atoms with Gasteiger partial charge in [-0.05, 0) is 12.8 Å². The third-order valence-electron chi connectivity index (χ3n) is 1.50. The molecule has 0 saturated heterocycles. The van der Waals surface area contributed by atoms with Crippen molar-refractivity contribution in [2.45, 2.75) is 13.5 Å². The van der Waals surface area contributed by atoms with Gasteiger partial charge in [-0.1, -0.05) is 0 Å². The number of amides is 1. The van der Waals surface area contributed by atoms with Gasteiger partial charge in [0.1, 0.15) is 0 Å². The molecular formula is C8H9N3O. The molecule has 1 heterocycles. The first kappa shape index (κ1) is 8.34. The lowest BCUT2D eigenvalue weighted by atomic mass is 10.2. The number of hydrogen-bond acceptors (Lipinski definition) is 2. The van der Waals surface area contributed by atoms with Crippen molar-refractivity contribution >= 4 is 5.91 Å². The van der Waals surface area contributed by atoms with Crippen molar-refractivity contribution in [1.82, 2.24) is 15.5 Å². The molecule has 12 heavy (non-hydrogen) atoms. The Morgan fingerprint density at radius 2 is 2.67 bits per heavy atom. The van der Waals surface area contributed by atoms with Crippen LogP contribution in [0.5, 0.6) is 0 Å². The average molecular weight is 163 g/mol. The highest BCUT2D eigenvalue weighted by molar-refractivity contribution is 5.92. The zero-order valence-electron chi connectivity index (χ0n) is 6.72. The first-order valence-electron chi connectivity index (χ1n) is 3.47. The lowest BCUT2D eigenvalue weighted by molar-refractivity contribution is -0.115. The number of aromatic nitrogens is 2. The van der Waals surface area contributed by atoms with E-state index in [0.717, 1.165) is 11.3 Å².